The van der Waals surface area contributed by atoms with Crippen molar-refractivity contribution < 1.29 is 27.5 Å². The number of primary sulfonamides is 1. The highest BCUT2D eigenvalue weighted by atomic mass is 32.2. The van der Waals surface area contributed by atoms with Crippen LogP contribution in [0.3, 0.4) is 0 Å². The standard InChI is InChI=1S/C23H18N2O6S/c24-32(28,29)19-9-5-4-8-18(19)21-22(15-6-2-1-3-7-15)31-20(25-21)14-30-17-12-10-16(11-13-17)23(26)27/h1-13H,14H2,(H,26,27)(H2,24,28,29). The number of carboxylic acids is 1. The predicted octanol–water partition coefficient (Wildman–Crippen LogP) is 3.93. The molecule has 0 atom stereocenters. The summed E-state index contributed by atoms with van der Waals surface area (Å²) in [6.45, 7) is -0.0518. The molecule has 3 aromatic carbocycles. The molecule has 0 radical (unpaired) electrons. The van der Waals surface area contributed by atoms with Crippen molar-refractivity contribution in [1.29, 1.82) is 0 Å². The van der Waals surface area contributed by atoms with E-state index in [2.05, 4.69) is 4.98 Å². The summed E-state index contributed by atoms with van der Waals surface area (Å²) >= 11 is 0. The molecular weight excluding hydrogens is 432 g/mol. The lowest BCUT2D eigenvalue weighted by Gasteiger charge is -2.06. The summed E-state index contributed by atoms with van der Waals surface area (Å²) in [5.74, 6) is -0.0113. The fraction of sp³-hybridized carbons (Fsp3) is 0.0435. The van der Waals surface area contributed by atoms with Crippen molar-refractivity contribution in [3.63, 3.8) is 0 Å². The second-order valence-corrected chi connectivity index (χ2v) is 8.34. The second kappa shape index (κ2) is 8.66. The van der Waals surface area contributed by atoms with E-state index in [0.29, 0.717) is 28.3 Å². The fourth-order valence-corrected chi connectivity index (χ4v) is 3.88. The normalized spacial score (nSPS) is 11.3. The number of aromatic carboxylic acids is 1. The van der Waals surface area contributed by atoms with Gasteiger partial charge in [0, 0.05) is 11.1 Å². The van der Waals surface area contributed by atoms with E-state index in [4.69, 9.17) is 19.4 Å². The van der Waals surface area contributed by atoms with Crippen LogP contribution >= 0.6 is 0 Å². The monoisotopic (exact) mass is 450 g/mol. The number of carboxylic acid groups (broad SMARTS) is 1. The van der Waals surface area contributed by atoms with Crippen LogP contribution < -0.4 is 9.88 Å². The highest BCUT2D eigenvalue weighted by Gasteiger charge is 2.23. The maximum atomic E-state index is 12.1. The molecule has 32 heavy (non-hydrogen) atoms. The number of ether oxygens (including phenoxy) is 1. The Bertz CT molecular complexity index is 1360. The van der Waals surface area contributed by atoms with Crippen molar-refractivity contribution in [3.05, 3.63) is 90.3 Å². The van der Waals surface area contributed by atoms with Gasteiger partial charge in [-0.25, -0.2) is 23.3 Å². The van der Waals surface area contributed by atoms with Crippen molar-refractivity contribution in [2.75, 3.05) is 0 Å². The Morgan fingerprint density at radius 2 is 1.62 bits per heavy atom. The van der Waals surface area contributed by atoms with E-state index in [1.54, 1.807) is 18.2 Å². The number of nitrogens with two attached hydrogens (primary N) is 1. The molecule has 0 amide bonds. The van der Waals surface area contributed by atoms with E-state index in [-0.39, 0.29) is 23.0 Å². The van der Waals surface area contributed by atoms with Crippen LogP contribution in [0.15, 0.2) is 88.2 Å². The van der Waals surface area contributed by atoms with Crippen molar-refractivity contribution >= 4 is 16.0 Å². The topological polar surface area (TPSA) is 133 Å². The molecule has 0 spiro atoms. The van der Waals surface area contributed by atoms with Crippen LogP contribution in [0, 0.1) is 0 Å². The molecule has 162 valence electrons. The first-order valence-corrected chi connectivity index (χ1v) is 11.0. The van der Waals surface area contributed by atoms with Gasteiger partial charge in [0.15, 0.2) is 12.4 Å². The summed E-state index contributed by atoms with van der Waals surface area (Å²) < 4.78 is 35.9. The first kappa shape index (κ1) is 21.3. The number of hydrogen-bond donors (Lipinski definition) is 2. The van der Waals surface area contributed by atoms with Crippen LogP contribution in [0.5, 0.6) is 5.75 Å². The Balaban J connectivity index is 1.72. The smallest absolute Gasteiger partial charge is 0.335 e. The van der Waals surface area contributed by atoms with E-state index in [0.717, 1.165) is 0 Å². The van der Waals surface area contributed by atoms with Gasteiger partial charge in [-0.2, -0.15) is 0 Å². The molecule has 4 aromatic rings. The van der Waals surface area contributed by atoms with Gasteiger partial charge in [-0.1, -0.05) is 48.5 Å². The largest absolute Gasteiger partial charge is 0.484 e. The third kappa shape index (κ3) is 4.53. The molecule has 1 heterocycles. The number of rotatable bonds is 7. The molecule has 3 N–H and O–H groups in total. The van der Waals surface area contributed by atoms with Gasteiger partial charge in [0.05, 0.1) is 10.5 Å². The number of nitrogens with zero attached hydrogens (tertiary/aromatic N) is 1. The number of aromatic nitrogens is 1. The highest BCUT2D eigenvalue weighted by molar-refractivity contribution is 7.89. The molecule has 8 nitrogen and oxygen atoms in total. The van der Waals surface area contributed by atoms with Crippen molar-refractivity contribution in [3.8, 4) is 28.3 Å². The predicted molar refractivity (Wildman–Crippen MR) is 116 cm³/mol. The summed E-state index contributed by atoms with van der Waals surface area (Å²) in [7, 11) is -4.00. The lowest BCUT2D eigenvalue weighted by Crippen LogP contribution is -2.13. The third-order valence-electron chi connectivity index (χ3n) is 4.62. The number of sulfonamides is 1. The maximum absolute atomic E-state index is 12.1. The molecular formula is C23H18N2O6S. The SMILES string of the molecule is NS(=O)(=O)c1ccccc1-c1nc(COc2ccc(C(=O)O)cc2)oc1-c1ccccc1. The Morgan fingerprint density at radius 3 is 2.28 bits per heavy atom. The first-order chi connectivity index (χ1) is 15.3. The van der Waals surface area contributed by atoms with Gasteiger partial charge < -0.3 is 14.3 Å². The van der Waals surface area contributed by atoms with Gasteiger partial charge >= 0.3 is 5.97 Å². The summed E-state index contributed by atoms with van der Waals surface area (Å²) in [4.78, 5) is 15.4. The Morgan fingerprint density at radius 1 is 0.969 bits per heavy atom. The fourth-order valence-electron chi connectivity index (χ4n) is 3.14. The molecule has 0 unspecified atom stereocenters. The molecule has 0 aliphatic heterocycles. The molecule has 0 saturated carbocycles. The molecule has 0 aliphatic carbocycles. The van der Waals surface area contributed by atoms with Gasteiger partial charge in [-0.15, -0.1) is 0 Å². The summed E-state index contributed by atoms with van der Waals surface area (Å²) in [5, 5.41) is 14.4. The van der Waals surface area contributed by atoms with Crippen molar-refractivity contribution in [1.82, 2.24) is 4.98 Å². The minimum atomic E-state index is -4.00. The van der Waals surface area contributed by atoms with Crippen LogP contribution in [0.2, 0.25) is 0 Å². The van der Waals surface area contributed by atoms with E-state index >= 15 is 0 Å². The van der Waals surface area contributed by atoms with Crippen molar-refractivity contribution in [2.24, 2.45) is 5.14 Å². The van der Waals surface area contributed by atoms with E-state index in [9.17, 15) is 13.2 Å². The average molecular weight is 450 g/mol. The van der Waals surface area contributed by atoms with Crippen LogP contribution in [0.25, 0.3) is 22.6 Å². The van der Waals surface area contributed by atoms with Crippen LogP contribution in [0.4, 0.5) is 0 Å². The Kier molecular flexibility index (Phi) is 5.76. The summed E-state index contributed by atoms with van der Waals surface area (Å²) in [6.07, 6.45) is 0. The number of benzene rings is 3. The summed E-state index contributed by atoms with van der Waals surface area (Å²) in [5.41, 5.74) is 1.48. The lowest BCUT2D eigenvalue weighted by molar-refractivity contribution is 0.0696. The molecule has 0 aliphatic rings. The molecule has 1 aromatic heterocycles. The average Bonchev–Trinajstić information content (AvgIpc) is 3.22. The van der Waals surface area contributed by atoms with Gasteiger partial charge in [-0.05, 0) is 30.3 Å². The quantitative estimate of drug-likeness (QED) is 0.436. The maximum Gasteiger partial charge on any atom is 0.335 e. The Hall–Kier alpha value is -3.95. The van der Waals surface area contributed by atoms with Gasteiger partial charge in [0.2, 0.25) is 15.9 Å². The zero-order chi connectivity index (χ0) is 22.7. The van der Waals surface area contributed by atoms with Crippen LogP contribution in [-0.4, -0.2) is 24.5 Å². The zero-order valence-electron chi connectivity index (χ0n) is 16.6. The zero-order valence-corrected chi connectivity index (χ0v) is 17.5. The van der Waals surface area contributed by atoms with E-state index in [1.165, 1.54) is 30.3 Å². The molecule has 0 fully saturated rings. The highest BCUT2D eigenvalue weighted by Crippen LogP contribution is 2.35. The van der Waals surface area contributed by atoms with Gasteiger partial charge in [-0.3, -0.25) is 0 Å². The van der Waals surface area contributed by atoms with Gasteiger partial charge in [0.25, 0.3) is 0 Å². The van der Waals surface area contributed by atoms with Crippen molar-refractivity contribution in [2.45, 2.75) is 11.5 Å². The minimum absolute atomic E-state index is 0.0518. The molecule has 0 saturated heterocycles. The minimum Gasteiger partial charge on any atom is -0.484 e. The van der Waals surface area contributed by atoms with Crippen LogP contribution in [-0.2, 0) is 16.6 Å². The summed E-state index contributed by atoms with van der Waals surface area (Å²) in [6, 6.07) is 21.3. The number of oxazole rings is 1. The Labute approximate surface area is 184 Å². The lowest BCUT2D eigenvalue weighted by atomic mass is 10.1. The molecule has 4 rings (SSSR count). The van der Waals surface area contributed by atoms with Gasteiger partial charge in [0.1, 0.15) is 11.4 Å². The van der Waals surface area contributed by atoms with Crippen LogP contribution in [0.1, 0.15) is 16.2 Å². The third-order valence-corrected chi connectivity index (χ3v) is 5.59. The number of carbonyl (C=O) groups is 1. The molecule has 9 heteroatoms. The van der Waals surface area contributed by atoms with E-state index < -0.39 is 16.0 Å². The molecule has 0 bridgehead atoms. The second-order valence-electron chi connectivity index (χ2n) is 6.81. The number of hydrogen-bond acceptors (Lipinski definition) is 6. The first-order valence-electron chi connectivity index (χ1n) is 9.46. The van der Waals surface area contributed by atoms with E-state index in [1.807, 2.05) is 30.3 Å².